The molecule has 2 nitrogen and oxygen atoms in total. The highest BCUT2D eigenvalue weighted by Crippen LogP contribution is 2.23. The van der Waals surface area contributed by atoms with Gasteiger partial charge in [-0.05, 0) is 55.5 Å². The lowest BCUT2D eigenvalue weighted by Crippen LogP contribution is -2.05. The highest BCUT2D eigenvalue weighted by Gasteiger charge is 2.02. The lowest BCUT2D eigenvalue weighted by atomic mass is 10.0. The van der Waals surface area contributed by atoms with Gasteiger partial charge in [-0.15, -0.1) is 0 Å². The number of unbranched alkanes of at least 4 members (excludes halogenated alkanes) is 3. The van der Waals surface area contributed by atoms with E-state index in [1.165, 1.54) is 5.56 Å². The van der Waals surface area contributed by atoms with Crippen LogP contribution in [0.4, 0.5) is 0 Å². The van der Waals surface area contributed by atoms with Crippen molar-refractivity contribution in [2.45, 2.75) is 38.5 Å². The summed E-state index contributed by atoms with van der Waals surface area (Å²) in [6.45, 7) is 0. The van der Waals surface area contributed by atoms with Crippen LogP contribution < -0.4 is 5.43 Å². The maximum absolute atomic E-state index is 12.1. The molecule has 3 rings (SSSR count). The summed E-state index contributed by atoms with van der Waals surface area (Å²) < 4.78 is 0. The van der Waals surface area contributed by atoms with Crippen LogP contribution in [-0.2, 0) is 12.8 Å². The second-order valence-corrected chi connectivity index (χ2v) is 7.18. The number of nitrogens with one attached hydrogen (secondary N) is 1. The predicted molar refractivity (Wildman–Crippen MR) is 107 cm³/mol. The molecule has 0 atom stereocenters. The third-order valence-corrected chi connectivity index (χ3v) is 5.18. The molecule has 25 heavy (non-hydrogen) atoms. The number of hydrogen-bond acceptors (Lipinski definition) is 1. The van der Waals surface area contributed by atoms with Crippen molar-refractivity contribution in [1.82, 2.24) is 4.98 Å². The Bertz CT molecular complexity index is 917. The van der Waals surface area contributed by atoms with Crippen LogP contribution >= 0.6 is 23.2 Å². The Morgan fingerprint density at radius 2 is 1.56 bits per heavy atom. The molecule has 0 saturated carbocycles. The van der Waals surface area contributed by atoms with Crippen molar-refractivity contribution in [3.63, 3.8) is 0 Å². The SMILES string of the molecule is O=c1cc(CCCCCCc2ccc(Cl)c(Cl)c2)[nH]c2ccccc12. The second kappa shape index (κ2) is 8.55. The molecule has 130 valence electrons. The zero-order valence-electron chi connectivity index (χ0n) is 14.0. The van der Waals surface area contributed by atoms with E-state index >= 15 is 0 Å². The Kier molecular flexibility index (Phi) is 6.17. The van der Waals surface area contributed by atoms with Gasteiger partial charge in [0.2, 0.25) is 0 Å². The normalized spacial score (nSPS) is 11.1. The van der Waals surface area contributed by atoms with Gasteiger partial charge in [0.25, 0.3) is 0 Å². The van der Waals surface area contributed by atoms with Crippen LogP contribution in [0.15, 0.2) is 53.3 Å². The first kappa shape index (κ1) is 18.0. The number of fused-ring (bicyclic) bond motifs is 1. The molecule has 1 N–H and O–H groups in total. The Morgan fingerprint density at radius 1 is 0.800 bits per heavy atom. The van der Waals surface area contributed by atoms with E-state index in [1.54, 1.807) is 6.07 Å². The minimum atomic E-state index is 0.101. The van der Waals surface area contributed by atoms with Crippen LogP contribution in [0.3, 0.4) is 0 Å². The van der Waals surface area contributed by atoms with Crippen molar-refractivity contribution in [3.8, 4) is 0 Å². The first-order valence-corrected chi connectivity index (χ1v) is 9.44. The Hall–Kier alpha value is -1.77. The molecule has 2 aromatic carbocycles. The number of benzene rings is 2. The van der Waals surface area contributed by atoms with Crippen LogP contribution in [0.25, 0.3) is 10.9 Å². The van der Waals surface area contributed by atoms with Crippen LogP contribution in [0, 0.1) is 0 Å². The van der Waals surface area contributed by atoms with E-state index in [9.17, 15) is 4.79 Å². The molecular formula is C21H21Cl2NO. The number of rotatable bonds is 7. The average molecular weight is 374 g/mol. The molecule has 0 aliphatic carbocycles. The molecule has 0 saturated heterocycles. The summed E-state index contributed by atoms with van der Waals surface area (Å²) in [4.78, 5) is 15.5. The van der Waals surface area contributed by atoms with Gasteiger partial charge in [0.1, 0.15) is 0 Å². The fourth-order valence-electron chi connectivity index (χ4n) is 3.08. The van der Waals surface area contributed by atoms with Crippen molar-refractivity contribution in [3.05, 3.63) is 80.1 Å². The summed E-state index contributed by atoms with van der Waals surface area (Å²) in [5, 5.41) is 1.99. The van der Waals surface area contributed by atoms with E-state index in [0.717, 1.165) is 55.1 Å². The van der Waals surface area contributed by atoms with Gasteiger partial charge in [0.15, 0.2) is 5.43 Å². The molecule has 1 heterocycles. The highest BCUT2D eigenvalue weighted by atomic mass is 35.5. The smallest absolute Gasteiger partial charge is 0.189 e. The molecule has 4 heteroatoms. The van der Waals surface area contributed by atoms with E-state index in [4.69, 9.17) is 23.2 Å². The average Bonchev–Trinajstić information content (AvgIpc) is 2.61. The maximum Gasteiger partial charge on any atom is 0.189 e. The van der Waals surface area contributed by atoms with Gasteiger partial charge >= 0.3 is 0 Å². The fourth-order valence-corrected chi connectivity index (χ4v) is 3.40. The molecular weight excluding hydrogens is 353 g/mol. The summed E-state index contributed by atoms with van der Waals surface area (Å²) in [5.74, 6) is 0. The molecule has 0 radical (unpaired) electrons. The third kappa shape index (κ3) is 4.87. The molecule has 1 aromatic heterocycles. The van der Waals surface area contributed by atoms with Gasteiger partial charge in [-0.1, -0.05) is 54.2 Å². The zero-order chi connectivity index (χ0) is 17.6. The quantitative estimate of drug-likeness (QED) is 0.492. The number of para-hydroxylation sites is 1. The van der Waals surface area contributed by atoms with E-state index in [1.807, 2.05) is 42.5 Å². The summed E-state index contributed by atoms with van der Waals surface area (Å²) in [7, 11) is 0. The van der Waals surface area contributed by atoms with Crippen molar-refractivity contribution in [1.29, 1.82) is 0 Å². The highest BCUT2D eigenvalue weighted by molar-refractivity contribution is 6.42. The molecule has 0 aliphatic rings. The van der Waals surface area contributed by atoms with Gasteiger partial charge < -0.3 is 4.98 Å². The zero-order valence-corrected chi connectivity index (χ0v) is 15.5. The first-order valence-electron chi connectivity index (χ1n) is 8.68. The number of halogens is 2. The van der Waals surface area contributed by atoms with Crippen LogP contribution in [0.1, 0.15) is 36.9 Å². The summed E-state index contributed by atoms with van der Waals surface area (Å²) >= 11 is 12.0. The van der Waals surface area contributed by atoms with Gasteiger partial charge in [-0.25, -0.2) is 0 Å². The van der Waals surface area contributed by atoms with Crippen LogP contribution in [0.5, 0.6) is 0 Å². The van der Waals surface area contributed by atoms with Crippen LogP contribution in [0.2, 0.25) is 10.0 Å². The lowest BCUT2D eigenvalue weighted by Gasteiger charge is -2.05. The van der Waals surface area contributed by atoms with E-state index in [2.05, 4.69) is 4.98 Å². The first-order chi connectivity index (χ1) is 12.1. The molecule has 3 aromatic rings. The number of aromatic nitrogens is 1. The predicted octanol–water partition coefficient (Wildman–Crippen LogP) is 6.18. The third-order valence-electron chi connectivity index (χ3n) is 4.44. The molecule has 0 bridgehead atoms. The standard InChI is InChI=1S/C21H21Cl2NO/c22-18-12-11-15(13-19(18)23)7-3-1-2-4-8-16-14-21(25)17-9-5-6-10-20(17)24-16/h5-6,9-14H,1-4,7-8H2,(H,24,25). The van der Waals surface area contributed by atoms with Crippen molar-refractivity contribution in [2.24, 2.45) is 0 Å². The van der Waals surface area contributed by atoms with E-state index < -0.39 is 0 Å². The topological polar surface area (TPSA) is 32.9 Å². The summed E-state index contributed by atoms with van der Waals surface area (Å²) in [6, 6.07) is 15.2. The Labute approximate surface area is 157 Å². The summed E-state index contributed by atoms with van der Waals surface area (Å²) in [6.07, 6.45) is 6.45. The number of hydrogen-bond donors (Lipinski definition) is 1. The van der Waals surface area contributed by atoms with E-state index in [0.29, 0.717) is 10.0 Å². The molecule has 0 fully saturated rings. The number of H-pyrrole nitrogens is 1. The van der Waals surface area contributed by atoms with Crippen molar-refractivity contribution >= 4 is 34.1 Å². The Morgan fingerprint density at radius 3 is 2.36 bits per heavy atom. The Balaban J connectivity index is 1.44. The van der Waals surface area contributed by atoms with Gasteiger partial charge in [0, 0.05) is 22.7 Å². The fraction of sp³-hybridized carbons (Fsp3) is 0.286. The minimum Gasteiger partial charge on any atom is -0.358 e. The molecule has 0 unspecified atom stereocenters. The monoisotopic (exact) mass is 373 g/mol. The minimum absolute atomic E-state index is 0.101. The summed E-state index contributed by atoms with van der Waals surface area (Å²) in [5.41, 5.74) is 3.27. The van der Waals surface area contributed by atoms with Gasteiger partial charge in [-0.3, -0.25) is 4.79 Å². The number of pyridine rings is 1. The van der Waals surface area contributed by atoms with E-state index in [-0.39, 0.29) is 5.43 Å². The number of aryl methyl sites for hydroxylation is 2. The van der Waals surface area contributed by atoms with Gasteiger partial charge in [0.05, 0.1) is 10.0 Å². The van der Waals surface area contributed by atoms with Crippen LogP contribution in [-0.4, -0.2) is 4.98 Å². The largest absolute Gasteiger partial charge is 0.358 e. The lowest BCUT2D eigenvalue weighted by molar-refractivity contribution is 0.636. The van der Waals surface area contributed by atoms with Crippen molar-refractivity contribution < 1.29 is 0 Å². The molecule has 0 aliphatic heterocycles. The van der Waals surface area contributed by atoms with Gasteiger partial charge in [-0.2, -0.15) is 0 Å². The molecule has 0 amide bonds. The second-order valence-electron chi connectivity index (χ2n) is 6.37. The molecule has 0 spiro atoms. The number of aromatic amines is 1. The maximum atomic E-state index is 12.1. The van der Waals surface area contributed by atoms with Crippen molar-refractivity contribution in [2.75, 3.05) is 0 Å².